The van der Waals surface area contributed by atoms with Crippen molar-refractivity contribution in [3.05, 3.63) is 16.1 Å². The van der Waals surface area contributed by atoms with E-state index < -0.39 is 0 Å². The summed E-state index contributed by atoms with van der Waals surface area (Å²) in [6.07, 6.45) is 3.21. The van der Waals surface area contributed by atoms with Crippen molar-refractivity contribution in [3.63, 3.8) is 0 Å². The van der Waals surface area contributed by atoms with Crippen molar-refractivity contribution in [2.24, 2.45) is 5.92 Å². The number of hydrogen-bond acceptors (Lipinski definition) is 4. The average molecular weight is 282 g/mol. The molecule has 1 aliphatic rings. The van der Waals surface area contributed by atoms with Crippen LogP contribution in [-0.4, -0.2) is 34.7 Å². The molecule has 1 aromatic rings. The van der Waals surface area contributed by atoms with Gasteiger partial charge in [-0.3, -0.25) is 0 Å². The van der Waals surface area contributed by atoms with Crippen molar-refractivity contribution in [2.75, 3.05) is 13.6 Å². The quantitative estimate of drug-likeness (QED) is 0.922. The molecule has 2 rings (SSSR count). The van der Waals surface area contributed by atoms with Crippen LogP contribution in [0.4, 0.5) is 0 Å². The number of thiazole rings is 1. The summed E-state index contributed by atoms with van der Waals surface area (Å²) >= 11 is 1.75. The van der Waals surface area contributed by atoms with Gasteiger partial charge in [-0.25, -0.2) is 4.98 Å². The van der Waals surface area contributed by atoms with Gasteiger partial charge < -0.3 is 10.0 Å². The third-order valence-electron chi connectivity index (χ3n) is 3.79. The summed E-state index contributed by atoms with van der Waals surface area (Å²) in [7, 11) is 2.13. The van der Waals surface area contributed by atoms with Crippen molar-refractivity contribution < 1.29 is 5.11 Å². The fraction of sp³-hybridized carbons (Fsp3) is 0.800. The number of rotatable bonds is 4. The van der Waals surface area contributed by atoms with Crippen LogP contribution in [0.1, 0.15) is 50.7 Å². The molecule has 108 valence electrons. The molecule has 1 heterocycles. The highest BCUT2D eigenvalue weighted by atomic mass is 32.1. The molecule has 0 amide bonds. The fourth-order valence-electron chi connectivity index (χ4n) is 2.70. The summed E-state index contributed by atoms with van der Waals surface area (Å²) in [5, 5.41) is 13.2. The van der Waals surface area contributed by atoms with Crippen LogP contribution in [0.3, 0.4) is 0 Å². The molecule has 1 N–H and O–H groups in total. The van der Waals surface area contributed by atoms with Crippen molar-refractivity contribution in [3.8, 4) is 0 Å². The van der Waals surface area contributed by atoms with E-state index in [2.05, 4.69) is 38.1 Å². The first-order valence-electron chi connectivity index (χ1n) is 7.18. The van der Waals surface area contributed by atoms with E-state index in [0.29, 0.717) is 5.92 Å². The third-order valence-corrected chi connectivity index (χ3v) is 5.11. The number of aliphatic hydroxyl groups is 1. The van der Waals surface area contributed by atoms with Crippen LogP contribution in [0.2, 0.25) is 0 Å². The molecule has 1 aromatic heterocycles. The molecule has 2 unspecified atom stereocenters. The Morgan fingerprint density at radius 3 is 2.68 bits per heavy atom. The maximum absolute atomic E-state index is 9.87. The van der Waals surface area contributed by atoms with Gasteiger partial charge in [0.15, 0.2) is 0 Å². The van der Waals surface area contributed by atoms with Gasteiger partial charge in [0.1, 0.15) is 0 Å². The summed E-state index contributed by atoms with van der Waals surface area (Å²) in [4.78, 5) is 7.02. The van der Waals surface area contributed by atoms with E-state index in [1.165, 1.54) is 11.4 Å². The number of aromatic nitrogens is 1. The highest BCUT2D eigenvalue weighted by Gasteiger charge is 2.26. The van der Waals surface area contributed by atoms with Gasteiger partial charge in [0.05, 0.1) is 16.8 Å². The lowest BCUT2D eigenvalue weighted by Gasteiger charge is -2.22. The minimum Gasteiger partial charge on any atom is -0.393 e. The maximum atomic E-state index is 9.87. The van der Waals surface area contributed by atoms with Crippen molar-refractivity contribution in [2.45, 2.75) is 58.1 Å². The van der Waals surface area contributed by atoms with E-state index in [1.54, 1.807) is 11.3 Å². The second kappa shape index (κ2) is 5.90. The Hall–Kier alpha value is -0.450. The molecule has 19 heavy (non-hydrogen) atoms. The van der Waals surface area contributed by atoms with Crippen molar-refractivity contribution in [1.29, 1.82) is 0 Å². The Morgan fingerprint density at radius 1 is 1.42 bits per heavy atom. The molecule has 2 atom stereocenters. The van der Waals surface area contributed by atoms with Gasteiger partial charge in [0.25, 0.3) is 0 Å². The summed E-state index contributed by atoms with van der Waals surface area (Å²) in [6, 6.07) is 0. The minimum atomic E-state index is -0.0944. The summed E-state index contributed by atoms with van der Waals surface area (Å²) in [5.41, 5.74) is 1.30. The molecule has 0 bridgehead atoms. The van der Waals surface area contributed by atoms with E-state index in [4.69, 9.17) is 4.98 Å². The first kappa shape index (κ1) is 14.9. The van der Waals surface area contributed by atoms with Crippen LogP contribution in [0.25, 0.3) is 0 Å². The van der Waals surface area contributed by atoms with E-state index in [1.807, 2.05) is 0 Å². The Balaban J connectivity index is 1.88. The fourth-order valence-corrected chi connectivity index (χ4v) is 3.59. The van der Waals surface area contributed by atoms with Gasteiger partial charge in [-0.2, -0.15) is 0 Å². The van der Waals surface area contributed by atoms with Crippen LogP contribution in [0.5, 0.6) is 0 Å². The molecule has 4 heteroatoms. The van der Waals surface area contributed by atoms with E-state index in [0.717, 1.165) is 31.6 Å². The van der Waals surface area contributed by atoms with Gasteiger partial charge in [0, 0.05) is 23.9 Å². The highest BCUT2D eigenvalue weighted by molar-refractivity contribution is 7.09. The van der Waals surface area contributed by atoms with E-state index in [-0.39, 0.29) is 11.5 Å². The predicted molar refractivity (Wildman–Crippen MR) is 80.5 cm³/mol. The molecule has 0 spiro atoms. The molecule has 0 aromatic carbocycles. The second-order valence-electron chi connectivity index (χ2n) is 6.85. The lowest BCUT2D eigenvalue weighted by molar-refractivity contribution is 0.107. The standard InChI is InChI=1S/C15H26N2OS/c1-15(2,3)14-16-12(10-19-14)9-17(4)8-11-6-5-7-13(11)18/h10-11,13,18H,5-9H2,1-4H3. The summed E-state index contributed by atoms with van der Waals surface area (Å²) in [5.74, 6) is 0.450. The lowest BCUT2D eigenvalue weighted by Crippen LogP contribution is -2.29. The summed E-state index contributed by atoms with van der Waals surface area (Å²) in [6.45, 7) is 8.47. The maximum Gasteiger partial charge on any atom is 0.0982 e. The molecule has 1 saturated carbocycles. The second-order valence-corrected chi connectivity index (χ2v) is 7.71. The molecular formula is C15H26N2OS. The topological polar surface area (TPSA) is 36.4 Å². The Labute approximate surface area is 120 Å². The number of nitrogens with zero attached hydrogens (tertiary/aromatic N) is 2. The highest BCUT2D eigenvalue weighted by Crippen LogP contribution is 2.28. The molecule has 3 nitrogen and oxygen atoms in total. The van der Waals surface area contributed by atoms with Crippen LogP contribution in [-0.2, 0) is 12.0 Å². The zero-order valence-corrected chi connectivity index (χ0v) is 13.3. The Kier molecular flexibility index (Phi) is 4.64. The smallest absolute Gasteiger partial charge is 0.0982 e. The molecule has 1 fully saturated rings. The molecular weight excluding hydrogens is 256 g/mol. The molecule has 0 radical (unpaired) electrons. The summed E-state index contributed by atoms with van der Waals surface area (Å²) < 4.78 is 0. The van der Waals surface area contributed by atoms with Crippen LogP contribution >= 0.6 is 11.3 Å². The Morgan fingerprint density at radius 2 is 2.16 bits per heavy atom. The van der Waals surface area contributed by atoms with Gasteiger partial charge >= 0.3 is 0 Å². The van der Waals surface area contributed by atoms with Crippen molar-refractivity contribution in [1.82, 2.24) is 9.88 Å². The molecule has 0 aliphatic heterocycles. The van der Waals surface area contributed by atoms with Crippen molar-refractivity contribution >= 4 is 11.3 Å². The molecule has 0 saturated heterocycles. The number of hydrogen-bond donors (Lipinski definition) is 1. The van der Waals surface area contributed by atoms with E-state index in [9.17, 15) is 5.11 Å². The van der Waals surface area contributed by atoms with Gasteiger partial charge in [-0.05, 0) is 25.8 Å². The first-order valence-corrected chi connectivity index (χ1v) is 8.05. The Bertz CT molecular complexity index is 411. The van der Waals surface area contributed by atoms with Gasteiger partial charge in [0.2, 0.25) is 0 Å². The molecule has 1 aliphatic carbocycles. The predicted octanol–water partition coefficient (Wildman–Crippen LogP) is 3.03. The zero-order chi connectivity index (χ0) is 14.0. The minimum absolute atomic E-state index is 0.0944. The van der Waals surface area contributed by atoms with Gasteiger partial charge in [-0.15, -0.1) is 11.3 Å². The monoisotopic (exact) mass is 282 g/mol. The largest absolute Gasteiger partial charge is 0.393 e. The normalized spacial score (nSPS) is 24.3. The van der Waals surface area contributed by atoms with Crippen LogP contribution in [0, 0.1) is 5.92 Å². The van der Waals surface area contributed by atoms with Crippen LogP contribution < -0.4 is 0 Å². The van der Waals surface area contributed by atoms with Crippen LogP contribution in [0.15, 0.2) is 5.38 Å². The number of aliphatic hydroxyl groups excluding tert-OH is 1. The third kappa shape index (κ3) is 4.01. The zero-order valence-electron chi connectivity index (χ0n) is 12.5. The first-order chi connectivity index (χ1) is 8.86. The average Bonchev–Trinajstić information content (AvgIpc) is 2.88. The SMILES string of the molecule is CN(Cc1csc(C(C)(C)C)n1)CC1CCCC1O. The van der Waals surface area contributed by atoms with E-state index >= 15 is 0 Å². The van der Waals surface area contributed by atoms with Gasteiger partial charge in [-0.1, -0.05) is 27.2 Å². The lowest BCUT2D eigenvalue weighted by atomic mass is 9.98.